The van der Waals surface area contributed by atoms with Gasteiger partial charge in [0.2, 0.25) is 0 Å². The third kappa shape index (κ3) is 1.55. The lowest BCUT2D eigenvalue weighted by Crippen LogP contribution is -2.16. The van der Waals surface area contributed by atoms with Crippen molar-refractivity contribution in [1.29, 1.82) is 0 Å². The molecular weight excluding hydrogens is 190 g/mol. The largest absolute Gasteiger partial charge is 0.392 e. The van der Waals surface area contributed by atoms with Gasteiger partial charge in [-0.05, 0) is 24.1 Å². The monoisotopic (exact) mass is 203 g/mol. The molecule has 15 heavy (non-hydrogen) atoms. The Kier molecular flexibility index (Phi) is 2.32. The quantitative estimate of drug-likeness (QED) is 0.760. The standard InChI is InChI=1S/C12H13NO2/c1-8-5-12(15)13(2)11-6-9(7-14)3-4-10(8)11/h3-6,14H,7H2,1-2H3. The second-order valence-electron chi connectivity index (χ2n) is 3.73. The van der Waals surface area contributed by atoms with Crippen molar-refractivity contribution in [3.05, 3.63) is 45.7 Å². The maximum absolute atomic E-state index is 11.6. The Morgan fingerprint density at radius 2 is 2.07 bits per heavy atom. The first-order chi connectivity index (χ1) is 7.13. The second-order valence-corrected chi connectivity index (χ2v) is 3.73. The molecule has 1 aromatic carbocycles. The van der Waals surface area contributed by atoms with Gasteiger partial charge in [0.25, 0.3) is 5.56 Å². The van der Waals surface area contributed by atoms with Gasteiger partial charge in [0.15, 0.2) is 0 Å². The molecule has 2 aromatic rings. The van der Waals surface area contributed by atoms with Crippen LogP contribution < -0.4 is 5.56 Å². The number of benzene rings is 1. The molecule has 2 rings (SSSR count). The van der Waals surface area contributed by atoms with Gasteiger partial charge in [0.05, 0.1) is 12.1 Å². The molecule has 0 atom stereocenters. The smallest absolute Gasteiger partial charge is 0.251 e. The fourth-order valence-electron chi connectivity index (χ4n) is 1.77. The predicted octanol–water partition coefficient (Wildman–Crippen LogP) is 1.34. The topological polar surface area (TPSA) is 42.2 Å². The molecule has 3 nitrogen and oxygen atoms in total. The first kappa shape index (κ1) is 9.93. The van der Waals surface area contributed by atoms with Gasteiger partial charge in [-0.15, -0.1) is 0 Å². The number of fused-ring (bicyclic) bond motifs is 1. The minimum atomic E-state index is -0.0184. The summed E-state index contributed by atoms with van der Waals surface area (Å²) in [5.74, 6) is 0. The molecule has 0 saturated heterocycles. The number of aliphatic hydroxyl groups excluding tert-OH is 1. The van der Waals surface area contributed by atoms with Crippen LogP contribution in [-0.4, -0.2) is 9.67 Å². The summed E-state index contributed by atoms with van der Waals surface area (Å²) >= 11 is 0. The average molecular weight is 203 g/mol. The number of pyridine rings is 1. The molecule has 0 spiro atoms. The third-order valence-corrected chi connectivity index (χ3v) is 2.70. The molecule has 1 heterocycles. The van der Waals surface area contributed by atoms with E-state index in [1.165, 1.54) is 0 Å². The molecule has 0 aliphatic heterocycles. The molecule has 0 saturated carbocycles. The van der Waals surface area contributed by atoms with E-state index >= 15 is 0 Å². The molecule has 0 radical (unpaired) electrons. The van der Waals surface area contributed by atoms with Crippen LogP contribution in [0.4, 0.5) is 0 Å². The van der Waals surface area contributed by atoms with E-state index in [1.54, 1.807) is 17.7 Å². The van der Waals surface area contributed by atoms with Crippen LogP contribution >= 0.6 is 0 Å². The SMILES string of the molecule is Cc1cc(=O)n(C)c2cc(CO)ccc12. The number of aryl methyl sites for hydroxylation is 2. The molecule has 0 bridgehead atoms. The highest BCUT2D eigenvalue weighted by Gasteiger charge is 2.03. The summed E-state index contributed by atoms with van der Waals surface area (Å²) in [6.07, 6.45) is 0. The number of nitrogens with zero attached hydrogens (tertiary/aromatic N) is 1. The minimum Gasteiger partial charge on any atom is -0.392 e. The van der Waals surface area contributed by atoms with Crippen molar-refractivity contribution < 1.29 is 5.11 Å². The maximum atomic E-state index is 11.6. The number of rotatable bonds is 1. The van der Waals surface area contributed by atoms with Crippen molar-refractivity contribution in [3.8, 4) is 0 Å². The number of aromatic nitrogens is 1. The first-order valence-corrected chi connectivity index (χ1v) is 4.83. The predicted molar refractivity (Wildman–Crippen MR) is 59.8 cm³/mol. The van der Waals surface area contributed by atoms with Crippen LogP contribution in [0.3, 0.4) is 0 Å². The zero-order valence-corrected chi connectivity index (χ0v) is 8.82. The minimum absolute atomic E-state index is 0.00191. The Morgan fingerprint density at radius 3 is 2.73 bits per heavy atom. The normalized spacial score (nSPS) is 10.9. The fourth-order valence-corrected chi connectivity index (χ4v) is 1.77. The number of aliphatic hydroxyl groups is 1. The van der Waals surface area contributed by atoms with Crippen LogP contribution in [0.25, 0.3) is 10.9 Å². The molecule has 0 amide bonds. The summed E-state index contributed by atoms with van der Waals surface area (Å²) in [6.45, 7) is 1.92. The second kappa shape index (κ2) is 3.51. The number of hydrogen-bond donors (Lipinski definition) is 1. The summed E-state index contributed by atoms with van der Waals surface area (Å²) in [4.78, 5) is 11.6. The van der Waals surface area contributed by atoms with Gasteiger partial charge in [-0.2, -0.15) is 0 Å². The molecule has 78 valence electrons. The molecule has 0 unspecified atom stereocenters. The average Bonchev–Trinajstić information content (AvgIpc) is 2.25. The van der Waals surface area contributed by atoms with E-state index in [-0.39, 0.29) is 12.2 Å². The molecule has 1 N–H and O–H groups in total. The Hall–Kier alpha value is -1.61. The van der Waals surface area contributed by atoms with E-state index in [0.29, 0.717) is 0 Å². The van der Waals surface area contributed by atoms with E-state index < -0.39 is 0 Å². The van der Waals surface area contributed by atoms with Crippen LogP contribution in [0.5, 0.6) is 0 Å². The summed E-state index contributed by atoms with van der Waals surface area (Å²) in [5.41, 5.74) is 2.64. The molecule has 0 aliphatic carbocycles. The van der Waals surface area contributed by atoms with Crippen LogP contribution in [-0.2, 0) is 13.7 Å². The first-order valence-electron chi connectivity index (χ1n) is 4.83. The summed E-state index contributed by atoms with van der Waals surface area (Å²) in [5, 5.41) is 10.1. The lowest BCUT2D eigenvalue weighted by Gasteiger charge is -2.08. The van der Waals surface area contributed by atoms with Gasteiger partial charge in [-0.3, -0.25) is 4.79 Å². The molecule has 0 aliphatic rings. The third-order valence-electron chi connectivity index (χ3n) is 2.70. The van der Waals surface area contributed by atoms with Crippen molar-refractivity contribution >= 4 is 10.9 Å². The van der Waals surface area contributed by atoms with Gasteiger partial charge in [0, 0.05) is 18.5 Å². The van der Waals surface area contributed by atoms with Gasteiger partial charge in [0.1, 0.15) is 0 Å². The Labute approximate surface area is 87.6 Å². The van der Waals surface area contributed by atoms with Crippen molar-refractivity contribution in [1.82, 2.24) is 4.57 Å². The highest BCUT2D eigenvalue weighted by molar-refractivity contribution is 5.82. The van der Waals surface area contributed by atoms with E-state index in [9.17, 15) is 4.79 Å². The van der Waals surface area contributed by atoms with Crippen LogP contribution in [0, 0.1) is 6.92 Å². The van der Waals surface area contributed by atoms with Crippen molar-refractivity contribution in [3.63, 3.8) is 0 Å². The van der Waals surface area contributed by atoms with E-state index in [1.807, 2.05) is 25.1 Å². The zero-order chi connectivity index (χ0) is 11.0. The Morgan fingerprint density at radius 1 is 1.33 bits per heavy atom. The molecular formula is C12H13NO2. The highest BCUT2D eigenvalue weighted by Crippen LogP contribution is 2.17. The van der Waals surface area contributed by atoms with Crippen molar-refractivity contribution in [2.24, 2.45) is 7.05 Å². The van der Waals surface area contributed by atoms with Crippen LogP contribution in [0.2, 0.25) is 0 Å². The highest BCUT2D eigenvalue weighted by atomic mass is 16.3. The van der Waals surface area contributed by atoms with Crippen LogP contribution in [0.15, 0.2) is 29.1 Å². The summed E-state index contributed by atoms with van der Waals surface area (Å²) < 4.78 is 1.60. The van der Waals surface area contributed by atoms with Crippen LogP contribution in [0.1, 0.15) is 11.1 Å². The molecule has 3 heteroatoms. The molecule has 1 aromatic heterocycles. The van der Waals surface area contributed by atoms with Gasteiger partial charge < -0.3 is 9.67 Å². The van der Waals surface area contributed by atoms with E-state index in [4.69, 9.17) is 5.11 Å². The van der Waals surface area contributed by atoms with Crippen molar-refractivity contribution in [2.45, 2.75) is 13.5 Å². The van der Waals surface area contributed by atoms with Gasteiger partial charge >= 0.3 is 0 Å². The summed E-state index contributed by atoms with van der Waals surface area (Å²) in [7, 11) is 1.74. The van der Waals surface area contributed by atoms with Gasteiger partial charge in [-0.1, -0.05) is 12.1 Å². The number of hydrogen-bond acceptors (Lipinski definition) is 2. The lowest BCUT2D eigenvalue weighted by atomic mass is 10.1. The summed E-state index contributed by atoms with van der Waals surface area (Å²) in [6, 6.07) is 7.29. The lowest BCUT2D eigenvalue weighted by molar-refractivity contribution is 0.282. The van der Waals surface area contributed by atoms with E-state index in [0.717, 1.165) is 22.0 Å². The van der Waals surface area contributed by atoms with Crippen molar-refractivity contribution in [2.75, 3.05) is 0 Å². The fraction of sp³-hybridized carbons (Fsp3) is 0.250. The molecule has 0 fully saturated rings. The zero-order valence-electron chi connectivity index (χ0n) is 8.82. The Bertz CT molecular complexity index is 570. The maximum Gasteiger partial charge on any atom is 0.251 e. The Balaban J connectivity index is 2.91. The van der Waals surface area contributed by atoms with Gasteiger partial charge in [-0.25, -0.2) is 0 Å². The van der Waals surface area contributed by atoms with E-state index in [2.05, 4.69) is 0 Å².